The van der Waals surface area contributed by atoms with Crippen LogP contribution in [0.2, 0.25) is 0 Å². The predicted molar refractivity (Wildman–Crippen MR) is 99.6 cm³/mol. The smallest absolute Gasteiger partial charge is 0.343 e. The number of rotatable bonds is 7. The number of benzene rings is 2. The van der Waals surface area contributed by atoms with Crippen molar-refractivity contribution in [2.24, 2.45) is 0 Å². The molecule has 0 spiro atoms. The SMILES string of the molecule is COC(=O)COc1cccc(C(=O)N(Cc2ccco2)c2ccccc2)c1. The van der Waals surface area contributed by atoms with E-state index in [0.29, 0.717) is 23.6 Å². The van der Waals surface area contributed by atoms with Crippen LogP contribution in [-0.2, 0) is 16.1 Å². The van der Waals surface area contributed by atoms with E-state index in [1.54, 1.807) is 41.5 Å². The second-order valence-corrected chi connectivity index (χ2v) is 5.70. The Labute approximate surface area is 156 Å². The summed E-state index contributed by atoms with van der Waals surface area (Å²) in [6, 6.07) is 19.6. The normalized spacial score (nSPS) is 10.3. The molecule has 3 aromatic rings. The number of anilines is 1. The van der Waals surface area contributed by atoms with Crippen molar-refractivity contribution in [3.8, 4) is 5.75 Å². The molecule has 1 amide bonds. The third kappa shape index (κ3) is 4.76. The summed E-state index contributed by atoms with van der Waals surface area (Å²) < 4.78 is 15.3. The Morgan fingerprint density at radius 1 is 1.00 bits per heavy atom. The molecule has 0 aliphatic heterocycles. The molecule has 1 aromatic heterocycles. The number of furan rings is 1. The molecule has 0 bridgehead atoms. The van der Waals surface area contributed by atoms with Gasteiger partial charge in [0.2, 0.25) is 0 Å². The van der Waals surface area contributed by atoms with Gasteiger partial charge < -0.3 is 18.8 Å². The van der Waals surface area contributed by atoms with Crippen LogP contribution in [0.4, 0.5) is 5.69 Å². The molecule has 3 rings (SSSR count). The fourth-order valence-corrected chi connectivity index (χ4v) is 2.52. The van der Waals surface area contributed by atoms with Crippen LogP contribution in [0.3, 0.4) is 0 Å². The zero-order valence-corrected chi connectivity index (χ0v) is 14.8. The molecule has 27 heavy (non-hydrogen) atoms. The maximum Gasteiger partial charge on any atom is 0.343 e. The van der Waals surface area contributed by atoms with E-state index in [4.69, 9.17) is 9.15 Å². The molecule has 0 saturated carbocycles. The quantitative estimate of drug-likeness (QED) is 0.598. The van der Waals surface area contributed by atoms with Gasteiger partial charge in [-0.05, 0) is 42.5 Å². The van der Waals surface area contributed by atoms with Crippen LogP contribution in [0.5, 0.6) is 5.75 Å². The number of ether oxygens (including phenoxy) is 2. The number of methoxy groups -OCH3 is 1. The number of nitrogens with zero attached hydrogens (tertiary/aromatic N) is 1. The molecule has 2 aromatic carbocycles. The van der Waals surface area contributed by atoms with Gasteiger partial charge in [0.25, 0.3) is 5.91 Å². The number of carbonyl (C=O) groups excluding carboxylic acids is 2. The van der Waals surface area contributed by atoms with Crippen LogP contribution < -0.4 is 9.64 Å². The summed E-state index contributed by atoms with van der Waals surface area (Å²) in [5.74, 6) is 0.388. The van der Waals surface area contributed by atoms with Gasteiger partial charge in [-0.1, -0.05) is 24.3 Å². The van der Waals surface area contributed by atoms with E-state index < -0.39 is 5.97 Å². The lowest BCUT2D eigenvalue weighted by Gasteiger charge is -2.22. The van der Waals surface area contributed by atoms with E-state index in [0.717, 1.165) is 5.69 Å². The standard InChI is InChI=1S/C21H19NO5/c1-25-20(23)15-27-18-10-5-7-16(13-18)21(24)22(14-19-11-6-12-26-19)17-8-3-2-4-9-17/h2-13H,14-15H2,1H3. The largest absolute Gasteiger partial charge is 0.482 e. The predicted octanol–water partition coefficient (Wildman–Crippen LogP) is 3.68. The van der Waals surface area contributed by atoms with Crippen molar-refractivity contribution in [1.82, 2.24) is 0 Å². The van der Waals surface area contributed by atoms with Crippen molar-refractivity contribution in [2.45, 2.75) is 6.54 Å². The molecule has 0 aliphatic rings. The van der Waals surface area contributed by atoms with Crippen molar-refractivity contribution >= 4 is 17.6 Å². The first kappa shape index (κ1) is 18.3. The van der Waals surface area contributed by atoms with Crippen molar-refractivity contribution < 1.29 is 23.5 Å². The Balaban J connectivity index is 1.84. The van der Waals surface area contributed by atoms with E-state index in [2.05, 4.69) is 4.74 Å². The van der Waals surface area contributed by atoms with Crippen molar-refractivity contribution in [2.75, 3.05) is 18.6 Å². The number of amides is 1. The summed E-state index contributed by atoms with van der Waals surface area (Å²) in [6.45, 7) is 0.0754. The highest BCUT2D eigenvalue weighted by Gasteiger charge is 2.20. The second kappa shape index (κ2) is 8.71. The summed E-state index contributed by atoms with van der Waals surface area (Å²) in [7, 11) is 1.29. The molecule has 0 fully saturated rings. The molecule has 0 N–H and O–H groups in total. The lowest BCUT2D eigenvalue weighted by Crippen LogP contribution is -2.30. The highest BCUT2D eigenvalue weighted by molar-refractivity contribution is 6.06. The fraction of sp³-hybridized carbons (Fsp3) is 0.143. The van der Waals surface area contributed by atoms with Gasteiger partial charge in [-0.3, -0.25) is 4.79 Å². The molecular weight excluding hydrogens is 346 g/mol. The zero-order valence-electron chi connectivity index (χ0n) is 14.8. The van der Waals surface area contributed by atoms with Gasteiger partial charge >= 0.3 is 5.97 Å². The topological polar surface area (TPSA) is 69.0 Å². The highest BCUT2D eigenvalue weighted by atomic mass is 16.6. The third-order valence-electron chi connectivity index (χ3n) is 3.87. The molecule has 0 atom stereocenters. The Hall–Kier alpha value is -3.54. The number of esters is 1. The Bertz CT molecular complexity index is 890. The van der Waals surface area contributed by atoms with Gasteiger partial charge in [0.15, 0.2) is 6.61 Å². The van der Waals surface area contributed by atoms with Crippen molar-refractivity contribution in [3.05, 3.63) is 84.3 Å². The molecule has 0 saturated heterocycles. The lowest BCUT2D eigenvalue weighted by molar-refractivity contribution is -0.142. The summed E-state index contributed by atoms with van der Waals surface area (Å²) in [5, 5.41) is 0. The first-order valence-corrected chi connectivity index (χ1v) is 8.36. The fourth-order valence-electron chi connectivity index (χ4n) is 2.52. The van der Waals surface area contributed by atoms with Crippen molar-refractivity contribution in [3.63, 3.8) is 0 Å². The minimum absolute atomic E-state index is 0.207. The van der Waals surface area contributed by atoms with Crippen LogP contribution in [-0.4, -0.2) is 25.6 Å². The van der Waals surface area contributed by atoms with Gasteiger partial charge in [-0.2, -0.15) is 0 Å². The van der Waals surface area contributed by atoms with E-state index in [1.807, 2.05) is 36.4 Å². The minimum Gasteiger partial charge on any atom is -0.482 e. The number of hydrogen-bond donors (Lipinski definition) is 0. The van der Waals surface area contributed by atoms with E-state index in [9.17, 15) is 9.59 Å². The van der Waals surface area contributed by atoms with Gasteiger partial charge in [0.1, 0.15) is 11.5 Å². The maximum atomic E-state index is 13.2. The molecule has 0 radical (unpaired) electrons. The van der Waals surface area contributed by atoms with E-state index in [-0.39, 0.29) is 12.5 Å². The van der Waals surface area contributed by atoms with E-state index in [1.165, 1.54) is 7.11 Å². The van der Waals surface area contributed by atoms with Crippen LogP contribution in [0.25, 0.3) is 0 Å². The molecule has 0 aliphatic carbocycles. The summed E-state index contributed by atoms with van der Waals surface area (Å²) in [4.78, 5) is 26.0. The second-order valence-electron chi connectivity index (χ2n) is 5.70. The lowest BCUT2D eigenvalue weighted by atomic mass is 10.1. The Morgan fingerprint density at radius 3 is 2.52 bits per heavy atom. The number of carbonyl (C=O) groups is 2. The first-order chi connectivity index (χ1) is 13.2. The average Bonchev–Trinajstić information content (AvgIpc) is 3.24. The highest BCUT2D eigenvalue weighted by Crippen LogP contribution is 2.22. The van der Waals surface area contributed by atoms with Crippen LogP contribution in [0, 0.1) is 0 Å². The number of para-hydroxylation sites is 1. The van der Waals surface area contributed by atoms with E-state index >= 15 is 0 Å². The van der Waals surface area contributed by atoms with Gasteiger partial charge in [0, 0.05) is 11.3 Å². The van der Waals surface area contributed by atoms with Crippen LogP contribution >= 0.6 is 0 Å². The molecule has 6 nitrogen and oxygen atoms in total. The maximum absolute atomic E-state index is 13.2. The first-order valence-electron chi connectivity index (χ1n) is 8.36. The molecule has 1 heterocycles. The van der Waals surface area contributed by atoms with Crippen molar-refractivity contribution in [1.29, 1.82) is 0 Å². The molecule has 6 heteroatoms. The Morgan fingerprint density at radius 2 is 1.81 bits per heavy atom. The summed E-state index contributed by atoms with van der Waals surface area (Å²) >= 11 is 0. The monoisotopic (exact) mass is 365 g/mol. The summed E-state index contributed by atoms with van der Waals surface area (Å²) in [5.41, 5.74) is 1.19. The average molecular weight is 365 g/mol. The molecule has 138 valence electrons. The Kier molecular flexibility index (Phi) is 5.89. The third-order valence-corrected chi connectivity index (χ3v) is 3.87. The number of hydrogen-bond acceptors (Lipinski definition) is 5. The summed E-state index contributed by atoms with van der Waals surface area (Å²) in [6.07, 6.45) is 1.57. The van der Waals surface area contributed by atoms with Crippen LogP contribution in [0.15, 0.2) is 77.4 Å². The molecular formula is C21H19NO5. The van der Waals surface area contributed by atoms with Gasteiger partial charge in [0.05, 0.1) is 19.9 Å². The minimum atomic E-state index is -0.490. The van der Waals surface area contributed by atoms with Gasteiger partial charge in [-0.15, -0.1) is 0 Å². The molecule has 0 unspecified atom stereocenters. The zero-order chi connectivity index (χ0) is 19.1. The van der Waals surface area contributed by atoms with Crippen LogP contribution in [0.1, 0.15) is 16.1 Å². The van der Waals surface area contributed by atoms with Gasteiger partial charge in [-0.25, -0.2) is 4.79 Å².